The van der Waals surface area contributed by atoms with E-state index in [1.54, 1.807) is 0 Å². The molecule has 0 unspecified atom stereocenters. The average molecular weight is 312 g/mol. The van der Waals surface area contributed by atoms with Crippen molar-refractivity contribution in [2.75, 3.05) is 23.3 Å². The Morgan fingerprint density at radius 1 is 1.24 bits per heavy atom. The van der Waals surface area contributed by atoms with Gasteiger partial charge in [-0.25, -0.2) is 0 Å². The van der Waals surface area contributed by atoms with E-state index < -0.39 is 0 Å². The van der Waals surface area contributed by atoms with Crippen molar-refractivity contribution in [1.29, 1.82) is 0 Å². The van der Waals surface area contributed by atoms with Gasteiger partial charge in [0.05, 0.1) is 0 Å². The lowest BCUT2D eigenvalue weighted by Gasteiger charge is -2.29. The fourth-order valence-electron chi connectivity index (χ4n) is 2.76. The molecule has 1 aliphatic rings. The second kappa shape index (κ2) is 7.78. The Kier molecular flexibility index (Phi) is 6.03. The monoisotopic (exact) mass is 311 g/mol. The minimum atomic E-state index is 0.267. The second-order valence-corrected chi connectivity index (χ2v) is 6.41. The lowest BCUT2D eigenvalue weighted by Crippen LogP contribution is -2.36. The standard InChI is InChI=1S/C15H26ClN5/c1-4-17-14-18-13(16)19-15(20-14)21(10-9-11(2)3)12-7-5-6-8-12/h11-12H,4-10H2,1-3H3,(H,17,18,19,20). The summed E-state index contributed by atoms with van der Waals surface area (Å²) in [6.07, 6.45) is 6.16. The second-order valence-electron chi connectivity index (χ2n) is 6.07. The molecule has 0 saturated heterocycles. The highest BCUT2D eigenvalue weighted by atomic mass is 35.5. The Labute approximate surface area is 132 Å². The number of aromatic nitrogens is 3. The zero-order chi connectivity index (χ0) is 15.2. The highest BCUT2D eigenvalue weighted by Gasteiger charge is 2.25. The van der Waals surface area contributed by atoms with Crippen LogP contribution in [0.1, 0.15) is 52.9 Å². The number of hydrogen-bond donors (Lipinski definition) is 1. The van der Waals surface area contributed by atoms with Crippen molar-refractivity contribution in [2.45, 2.75) is 58.9 Å². The molecular weight excluding hydrogens is 286 g/mol. The van der Waals surface area contributed by atoms with E-state index in [0.29, 0.717) is 17.9 Å². The summed E-state index contributed by atoms with van der Waals surface area (Å²) in [5.74, 6) is 1.96. The predicted molar refractivity (Wildman–Crippen MR) is 88.1 cm³/mol. The highest BCUT2D eigenvalue weighted by Crippen LogP contribution is 2.28. The summed E-state index contributed by atoms with van der Waals surface area (Å²) < 4.78 is 0. The zero-order valence-corrected chi connectivity index (χ0v) is 14.0. The predicted octanol–water partition coefficient (Wildman–Crippen LogP) is 3.75. The lowest BCUT2D eigenvalue weighted by molar-refractivity contribution is 0.520. The van der Waals surface area contributed by atoms with Gasteiger partial charge >= 0.3 is 0 Å². The van der Waals surface area contributed by atoms with Crippen LogP contribution in [0.15, 0.2) is 0 Å². The molecule has 0 amide bonds. The molecule has 1 aliphatic carbocycles. The first-order valence-corrected chi connectivity index (χ1v) is 8.40. The van der Waals surface area contributed by atoms with Crippen LogP contribution in [0.5, 0.6) is 0 Å². The number of halogens is 1. The molecule has 21 heavy (non-hydrogen) atoms. The van der Waals surface area contributed by atoms with Crippen LogP contribution in [-0.2, 0) is 0 Å². The van der Waals surface area contributed by atoms with Crippen LogP contribution in [0, 0.1) is 5.92 Å². The first-order valence-electron chi connectivity index (χ1n) is 8.02. The maximum absolute atomic E-state index is 6.07. The normalized spacial score (nSPS) is 15.7. The smallest absolute Gasteiger partial charge is 0.231 e. The minimum absolute atomic E-state index is 0.267. The van der Waals surface area contributed by atoms with Crippen molar-refractivity contribution in [1.82, 2.24) is 15.0 Å². The van der Waals surface area contributed by atoms with Gasteiger partial charge in [0.25, 0.3) is 0 Å². The molecule has 5 nitrogen and oxygen atoms in total. The van der Waals surface area contributed by atoms with Crippen molar-refractivity contribution in [2.24, 2.45) is 5.92 Å². The van der Waals surface area contributed by atoms with Gasteiger partial charge in [-0.3, -0.25) is 0 Å². The third-order valence-corrected chi connectivity index (χ3v) is 4.07. The molecule has 118 valence electrons. The topological polar surface area (TPSA) is 53.9 Å². The summed E-state index contributed by atoms with van der Waals surface area (Å²) in [6.45, 7) is 8.27. The number of anilines is 2. The molecule has 6 heteroatoms. The molecule has 1 N–H and O–H groups in total. The van der Waals surface area contributed by atoms with Gasteiger partial charge < -0.3 is 10.2 Å². The number of nitrogens with zero attached hydrogens (tertiary/aromatic N) is 4. The summed E-state index contributed by atoms with van der Waals surface area (Å²) in [5.41, 5.74) is 0. The third kappa shape index (κ3) is 4.70. The Bertz CT molecular complexity index is 446. The lowest BCUT2D eigenvalue weighted by atomic mass is 10.1. The van der Waals surface area contributed by atoms with Crippen LogP contribution in [-0.4, -0.2) is 34.1 Å². The fourth-order valence-corrected chi connectivity index (χ4v) is 2.92. The van der Waals surface area contributed by atoms with Crippen LogP contribution in [0.2, 0.25) is 5.28 Å². The first kappa shape index (κ1) is 16.3. The maximum atomic E-state index is 6.07. The summed E-state index contributed by atoms with van der Waals surface area (Å²) in [5, 5.41) is 3.39. The Balaban J connectivity index is 2.21. The van der Waals surface area contributed by atoms with Gasteiger partial charge in [0.2, 0.25) is 17.2 Å². The first-order chi connectivity index (χ1) is 10.1. The van der Waals surface area contributed by atoms with Gasteiger partial charge in [0.1, 0.15) is 0 Å². The molecule has 1 aromatic heterocycles. The fraction of sp³-hybridized carbons (Fsp3) is 0.800. The Hall–Kier alpha value is -1.10. The molecule has 0 aromatic carbocycles. The van der Waals surface area contributed by atoms with E-state index in [1.165, 1.54) is 25.7 Å². The van der Waals surface area contributed by atoms with Crippen molar-refractivity contribution in [3.05, 3.63) is 5.28 Å². The maximum Gasteiger partial charge on any atom is 0.231 e. The molecule has 1 saturated carbocycles. The summed E-state index contributed by atoms with van der Waals surface area (Å²) in [6, 6.07) is 0.539. The molecule has 0 atom stereocenters. The van der Waals surface area contributed by atoms with Crippen molar-refractivity contribution in [3.8, 4) is 0 Å². The van der Waals surface area contributed by atoms with E-state index in [4.69, 9.17) is 11.6 Å². The summed E-state index contributed by atoms with van der Waals surface area (Å²) in [7, 11) is 0. The SMILES string of the molecule is CCNc1nc(Cl)nc(N(CCC(C)C)C2CCCC2)n1. The molecule has 0 spiro atoms. The van der Waals surface area contributed by atoms with Crippen molar-refractivity contribution >= 4 is 23.5 Å². The van der Waals surface area contributed by atoms with Crippen LogP contribution >= 0.6 is 11.6 Å². The van der Waals surface area contributed by atoms with E-state index >= 15 is 0 Å². The minimum Gasteiger partial charge on any atom is -0.354 e. The van der Waals surface area contributed by atoms with Gasteiger partial charge in [-0.2, -0.15) is 15.0 Å². The molecule has 0 bridgehead atoms. The molecular formula is C15H26ClN5. The average Bonchev–Trinajstić information content (AvgIpc) is 2.92. The van der Waals surface area contributed by atoms with Gasteiger partial charge in [0, 0.05) is 19.1 Å². The van der Waals surface area contributed by atoms with E-state index in [0.717, 1.165) is 25.5 Å². The van der Waals surface area contributed by atoms with E-state index in [-0.39, 0.29) is 5.28 Å². The number of rotatable bonds is 7. The number of hydrogen-bond acceptors (Lipinski definition) is 5. The quantitative estimate of drug-likeness (QED) is 0.831. The van der Waals surface area contributed by atoms with Gasteiger partial charge in [0.15, 0.2) is 0 Å². The van der Waals surface area contributed by atoms with Crippen LogP contribution in [0.3, 0.4) is 0 Å². The largest absolute Gasteiger partial charge is 0.354 e. The number of nitrogens with one attached hydrogen (secondary N) is 1. The van der Waals surface area contributed by atoms with Crippen LogP contribution in [0.25, 0.3) is 0 Å². The summed E-state index contributed by atoms with van der Waals surface area (Å²) >= 11 is 6.07. The van der Waals surface area contributed by atoms with E-state index in [1.807, 2.05) is 6.92 Å². The molecule has 1 aromatic rings. The zero-order valence-electron chi connectivity index (χ0n) is 13.3. The Morgan fingerprint density at radius 2 is 1.95 bits per heavy atom. The molecule has 2 rings (SSSR count). The summed E-state index contributed by atoms with van der Waals surface area (Å²) in [4.78, 5) is 15.4. The van der Waals surface area contributed by atoms with E-state index in [2.05, 4.69) is 39.0 Å². The molecule has 0 radical (unpaired) electrons. The molecule has 1 heterocycles. The van der Waals surface area contributed by atoms with Crippen LogP contribution in [0.4, 0.5) is 11.9 Å². The van der Waals surface area contributed by atoms with Gasteiger partial charge in [-0.1, -0.05) is 26.7 Å². The van der Waals surface area contributed by atoms with Crippen molar-refractivity contribution < 1.29 is 0 Å². The van der Waals surface area contributed by atoms with Gasteiger partial charge in [-0.15, -0.1) is 0 Å². The Morgan fingerprint density at radius 3 is 2.57 bits per heavy atom. The molecule has 1 fully saturated rings. The third-order valence-electron chi connectivity index (χ3n) is 3.90. The van der Waals surface area contributed by atoms with E-state index in [9.17, 15) is 0 Å². The van der Waals surface area contributed by atoms with Crippen LogP contribution < -0.4 is 10.2 Å². The van der Waals surface area contributed by atoms with Crippen molar-refractivity contribution in [3.63, 3.8) is 0 Å². The molecule has 0 aliphatic heterocycles. The van der Waals surface area contributed by atoms with Gasteiger partial charge in [-0.05, 0) is 43.7 Å². The highest BCUT2D eigenvalue weighted by molar-refractivity contribution is 6.28.